The lowest BCUT2D eigenvalue weighted by Crippen LogP contribution is -2.25. The van der Waals surface area contributed by atoms with Crippen molar-refractivity contribution in [2.45, 2.75) is 19.9 Å². The summed E-state index contributed by atoms with van der Waals surface area (Å²) in [5.41, 5.74) is 0.612. The SMILES string of the molecule is C[C@@H]1C[C@@H]1C(=O)NCc1nccnc1Cl. The van der Waals surface area contributed by atoms with E-state index in [4.69, 9.17) is 11.6 Å². The molecule has 1 aliphatic carbocycles. The monoisotopic (exact) mass is 225 g/mol. The normalized spacial score (nSPS) is 23.6. The lowest BCUT2D eigenvalue weighted by atomic mass is 10.3. The highest BCUT2D eigenvalue weighted by Gasteiger charge is 2.38. The van der Waals surface area contributed by atoms with Gasteiger partial charge in [-0.25, -0.2) is 4.98 Å². The van der Waals surface area contributed by atoms with Crippen LogP contribution >= 0.6 is 11.6 Å². The van der Waals surface area contributed by atoms with Gasteiger partial charge >= 0.3 is 0 Å². The zero-order valence-electron chi connectivity index (χ0n) is 8.40. The van der Waals surface area contributed by atoms with Gasteiger partial charge in [0.1, 0.15) is 0 Å². The fraction of sp³-hybridized carbons (Fsp3) is 0.500. The molecule has 80 valence electrons. The average Bonchev–Trinajstić information content (AvgIpc) is 2.94. The zero-order valence-corrected chi connectivity index (χ0v) is 9.16. The third kappa shape index (κ3) is 2.45. The van der Waals surface area contributed by atoms with Crippen molar-refractivity contribution in [3.63, 3.8) is 0 Å². The highest BCUT2D eigenvalue weighted by atomic mass is 35.5. The van der Waals surface area contributed by atoms with Crippen molar-refractivity contribution >= 4 is 17.5 Å². The van der Waals surface area contributed by atoms with Crippen molar-refractivity contribution in [2.75, 3.05) is 0 Å². The van der Waals surface area contributed by atoms with Crippen molar-refractivity contribution in [1.29, 1.82) is 0 Å². The Morgan fingerprint density at radius 2 is 2.27 bits per heavy atom. The summed E-state index contributed by atoms with van der Waals surface area (Å²) in [7, 11) is 0. The van der Waals surface area contributed by atoms with Crippen LogP contribution in [0.2, 0.25) is 5.15 Å². The summed E-state index contributed by atoms with van der Waals surface area (Å²) >= 11 is 5.81. The first kappa shape index (κ1) is 10.4. The summed E-state index contributed by atoms with van der Waals surface area (Å²) in [6, 6.07) is 0. The van der Waals surface area contributed by atoms with E-state index in [1.807, 2.05) is 0 Å². The number of carbonyl (C=O) groups excluding carboxylic acids is 1. The predicted octanol–water partition coefficient (Wildman–Crippen LogP) is 1.40. The van der Waals surface area contributed by atoms with Gasteiger partial charge in [-0.2, -0.15) is 0 Å². The maximum atomic E-state index is 11.5. The Balaban J connectivity index is 1.88. The topological polar surface area (TPSA) is 54.9 Å². The van der Waals surface area contributed by atoms with Gasteiger partial charge in [0, 0.05) is 18.3 Å². The molecule has 0 radical (unpaired) electrons. The number of nitrogens with zero attached hydrogens (tertiary/aromatic N) is 2. The van der Waals surface area contributed by atoms with Gasteiger partial charge in [0.15, 0.2) is 5.15 Å². The smallest absolute Gasteiger partial charge is 0.223 e. The number of amides is 1. The van der Waals surface area contributed by atoms with Gasteiger partial charge in [0.25, 0.3) is 0 Å². The number of hydrogen-bond donors (Lipinski definition) is 1. The molecule has 1 saturated carbocycles. The van der Waals surface area contributed by atoms with Crippen molar-refractivity contribution in [1.82, 2.24) is 15.3 Å². The van der Waals surface area contributed by atoms with Crippen LogP contribution in [0.5, 0.6) is 0 Å². The molecule has 1 heterocycles. The molecule has 0 aromatic carbocycles. The molecule has 4 nitrogen and oxygen atoms in total. The summed E-state index contributed by atoms with van der Waals surface area (Å²) in [5, 5.41) is 3.15. The minimum absolute atomic E-state index is 0.0872. The van der Waals surface area contributed by atoms with Crippen LogP contribution in [0.3, 0.4) is 0 Å². The molecular weight excluding hydrogens is 214 g/mol. The molecule has 1 fully saturated rings. The molecule has 2 atom stereocenters. The molecule has 1 aliphatic rings. The number of nitrogens with one attached hydrogen (secondary N) is 1. The van der Waals surface area contributed by atoms with Crippen LogP contribution < -0.4 is 5.32 Å². The Morgan fingerprint density at radius 3 is 2.87 bits per heavy atom. The van der Waals surface area contributed by atoms with Gasteiger partial charge < -0.3 is 5.32 Å². The summed E-state index contributed by atoms with van der Waals surface area (Å²) in [4.78, 5) is 19.4. The number of aromatic nitrogens is 2. The highest BCUT2D eigenvalue weighted by molar-refractivity contribution is 6.29. The van der Waals surface area contributed by atoms with Crippen LogP contribution in [0.25, 0.3) is 0 Å². The second-order valence-corrected chi connectivity index (χ2v) is 4.19. The van der Waals surface area contributed by atoms with Crippen LogP contribution in [0.4, 0.5) is 0 Å². The molecule has 1 aromatic rings. The van der Waals surface area contributed by atoms with Crippen LogP contribution in [-0.4, -0.2) is 15.9 Å². The number of halogens is 1. The van der Waals surface area contributed by atoms with E-state index in [1.54, 1.807) is 6.20 Å². The second kappa shape index (κ2) is 4.14. The predicted molar refractivity (Wildman–Crippen MR) is 56.2 cm³/mol. The molecule has 1 aromatic heterocycles. The third-order valence-corrected chi connectivity index (χ3v) is 2.92. The molecule has 2 rings (SSSR count). The Bertz CT molecular complexity index is 383. The number of hydrogen-bond acceptors (Lipinski definition) is 3. The molecule has 0 aliphatic heterocycles. The van der Waals surface area contributed by atoms with Gasteiger partial charge in [0.2, 0.25) is 5.91 Å². The van der Waals surface area contributed by atoms with E-state index in [1.165, 1.54) is 6.20 Å². The molecule has 5 heteroatoms. The lowest BCUT2D eigenvalue weighted by molar-refractivity contribution is -0.122. The van der Waals surface area contributed by atoms with Crippen molar-refractivity contribution < 1.29 is 4.79 Å². The van der Waals surface area contributed by atoms with Crippen LogP contribution in [0.15, 0.2) is 12.4 Å². The average molecular weight is 226 g/mol. The summed E-state index contributed by atoms with van der Waals surface area (Å²) in [6.07, 6.45) is 4.07. The second-order valence-electron chi connectivity index (χ2n) is 3.83. The van der Waals surface area contributed by atoms with Crippen LogP contribution in [0, 0.1) is 11.8 Å². The first-order chi connectivity index (χ1) is 7.18. The van der Waals surface area contributed by atoms with Gasteiger partial charge in [0.05, 0.1) is 12.2 Å². The summed E-state index contributed by atoms with van der Waals surface area (Å²) in [6.45, 7) is 2.42. The number of rotatable bonds is 3. The quantitative estimate of drug-likeness (QED) is 0.846. The van der Waals surface area contributed by atoms with E-state index in [9.17, 15) is 4.79 Å². The van der Waals surface area contributed by atoms with Gasteiger partial charge in [-0.05, 0) is 12.3 Å². The van der Waals surface area contributed by atoms with E-state index in [2.05, 4.69) is 22.2 Å². The highest BCUT2D eigenvalue weighted by Crippen LogP contribution is 2.37. The van der Waals surface area contributed by atoms with Crippen molar-refractivity contribution in [2.24, 2.45) is 11.8 Å². The van der Waals surface area contributed by atoms with Crippen molar-refractivity contribution in [3.8, 4) is 0 Å². The Labute approximate surface area is 93.1 Å². The lowest BCUT2D eigenvalue weighted by Gasteiger charge is -2.04. The molecule has 15 heavy (non-hydrogen) atoms. The fourth-order valence-electron chi connectivity index (χ4n) is 1.46. The van der Waals surface area contributed by atoms with E-state index < -0.39 is 0 Å². The molecule has 1 amide bonds. The first-order valence-corrected chi connectivity index (χ1v) is 5.29. The van der Waals surface area contributed by atoms with E-state index in [-0.39, 0.29) is 11.8 Å². The molecule has 1 N–H and O–H groups in total. The summed E-state index contributed by atoms with van der Waals surface area (Å²) in [5.74, 6) is 0.784. The molecule has 0 spiro atoms. The van der Waals surface area contributed by atoms with Gasteiger partial charge in [-0.1, -0.05) is 18.5 Å². The first-order valence-electron chi connectivity index (χ1n) is 4.91. The molecule has 0 unspecified atom stereocenters. The summed E-state index contributed by atoms with van der Waals surface area (Å²) < 4.78 is 0. The molecule has 0 bridgehead atoms. The van der Waals surface area contributed by atoms with E-state index in [0.717, 1.165) is 6.42 Å². The Kier molecular flexibility index (Phi) is 2.86. The maximum absolute atomic E-state index is 11.5. The van der Waals surface area contributed by atoms with Gasteiger partial charge in [-0.3, -0.25) is 9.78 Å². The van der Waals surface area contributed by atoms with Crippen LogP contribution in [-0.2, 0) is 11.3 Å². The Morgan fingerprint density at radius 1 is 1.60 bits per heavy atom. The number of carbonyl (C=O) groups is 1. The van der Waals surface area contributed by atoms with E-state index >= 15 is 0 Å². The minimum Gasteiger partial charge on any atom is -0.350 e. The largest absolute Gasteiger partial charge is 0.350 e. The fourth-order valence-corrected chi connectivity index (χ4v) is 1.63. The van der Waals surface area contributed by atoms with Crippen LogP contribution in [0.1, 0.15) is 19.0 Å². The molecule has 0 saturated heterocycles. The van der Waals surface area contributed by atoms with E-state index in [0.29, 0.717) is 23.3 Å². The molecular formula is C10H12ClN3O. The third-order valence-electron chi connectivity index (χ3n) is 2.60. The standard InChI is InChI=1S/C10H12ClN3O/c1-6-4-7(6)10(15)14-5-8-9(11)13-3-2-12-8/h2-3,6-7H,4-5H2,1H3,(H,14,15)/t6-,7+/m1/s1. The Hall–Kier alpha value is -1.16. The van der Waals surface area contributed by atoms with Crippen molar-refractivity contribution in [3.05, 3.63) is 23.2 Å². The zero-order chi connectivity index (χ0) is 10.8. The van der Waals surface area contributed by atoms with Gasteiger partial charge in [-0.15, -0.1) is 0 Å². The maximum Gasteiger partial charge on any atom is 0.223 e. The minimum atomic E-state index is 0.0872.